The molecule has 2 aromatic rings. The number of nitrogens with zero attached hydrogens (tertiary/aromatic N) is 2. The van der Waals surface area contributed by atoms with Gasteiger partial charge in [0.1, 0.15) is 0 Å². The fraction of sp³-hybridized carbons (Fsp3) is 0.471. The standard InChI is InChI=1S/C17H24ClN3/c1-5-9-19-16(11-14-10-13(3)20-21(14)4)15-8-6-7-12(2)17(15)18/h6-8,10,16,19H,5,9,11H2,1-4H3. The molecule has 2 rings (SSSR count). The van der Waals surface area contributed by atoms with Gasteiger partial charge in [-0.1, -0.05) is 36.7 Å². The Balaban J connectivity index is 2.29. The zero-order valence-electron chi connectivity index (χ0n) is 13.3. The number of aromatic nitrogens is 2. The first-order valence-corrected chi connectivity index (χ1v) is 7.88. The molecule has 3 nitrogen and oxygen atoms in total. The van der Waals surface area contributed by atoms with Crippen LogP contribution < -0.4 is 5.32 Å². The monoisotopic (exact) mass is 305 g/mol. The predicted octanol–water partition coefficient (Wildman–Crippen LogP) is 3.97. The summed E-state index contributed by atoms with van der Waals surface area (Å²) >= 11 is 6.52. The topological polar surface area (TPSA) is 29.9 Å². The minimum Gasteiger partial charge on any atom is -0.310 e. The summed E-state index contributed by atoms with van der Waals surface area (Å²) in [7, 11) is 2.00. The Hall–Kier alpha value is -1.32. The van der Waals surface area contributed by atoms with Crippen LogP contribution in [0.3, 0.4) is 0 Å². The zero-order chi connectivity index (χ0) is 15.4. The van der Waals surface area contributed by atoms with E-state index in [0.717, 1.165) is 35.7 Å². The minimum atomic E-state index is 0.215. The van der Waals surface area contributed by atoms with Crippen LogP contribution in [-0.4, -0.2) is 16.3 Å². The van der Waals surface area contributed by atoms with Crippen molar-refractivity contribution in [2.45, 2.75) is 39.7 Å². The fourth-order valence-electron chi connectivity index (χ4n) is 2.61. The molecule has 0 saturated carbocycles. The number of benzene rings is 1. The number of rotatable bonds is 6. The van der Waals surface area contributed by atoms with E-state index in [4.69, 9.17) is 11.6 Å². The molecule has 0 aliphatic rings. The van der Waals surface area contributed by atoms with E-state index in [2.05, 4.69) is 48.5 Å². The first kappa shape index (κ1) is 16.1. The summed E-state index contributed by atoms with van der Waals surface area (Å²) < 4.78 is 1.96. The highest BCUT2D eigenvalue weighted by Crippen LogP contribution is 2.28. The summed E-state index contributed by atoms with van der Waals surface area (Å²) in [6, 6.07) is 8.60. The van der Waals surface area contributed by atoms with Gasteiger partial charge in [-0.05, 0) is 44.0 Å². The third kappa shape index (κ3) is 3.86. The number of nitrogens with one attached hydrogen (secondary N) is 1. The van der Waals surface area contributed by atoms with E-state index in [-0.39, 0.29) is 6.04 Å². The second kappa shape index (κ2) is 7.10. The van der Waals surface area contributed by atoms with Gasteiger partial charge in [0.15, 0.2) is 0 Å². The molecule has 1 unspecified atom stereocenters. The average Bonchev–Trinajstić information content (AvgIpc) is 2.76. The predicted molar refractivity (Wildman–Crippen MR) is 88.9 cm³/mol. The van der Waals surface area contributed by atoms with Crippen molar-refractivity contribution in [1.29, 1.82) is 0 Å². The molecule has 0 spiro atoms. The van der Waals surface area contributed by atoms with Crippen molar-refractivity contribution in [3.63, 3.8) is 0 Å². The van der Waals surface area contributed by atoms with Crippen molar-refractivity contribution in [1.82, 2.24) is 15.1 Å². The van der Waals surface area contributed by atoms with E-state index in [0.29, 0.717) is 0 Å². The molecule has 0 aliphatic carbocycles. The van der Waals surface area contributed by atoms with Crippen molar-refractivity contribution in [3.05, 3.63) is 51.8 Å². The Kier molecular flexibility index (Phi) is 5.43. The van der Waals surface area contributed by atoms with Crippen LogP contribution in [0.2, 0.25) is 5.02 Å². The normalized spacial score (nSPS) is 12.6. The van der Waals surface area contributed by atoms with Gasteiger partial charge in [0.25, 0.3) is 0 Å². The molecule has 1 aromatic carbocycles. The highest BCUT2D eigenvalue weighted by molar-refractivity contribution is 6.32. The van der Waals surface area contributed by atoms with E-state index in [1.54, 1.807) is 0 Å². The average molecular weight is 306 g/mol. The molecule has 0 saturated heterocycles. The number of halogens is 1. The Morgan fingerprint density at radius 3 is 2.71 bits per heavy atom. The van der Waals surface area contributed by atoms with Gasteiger partial charge in [-0.25, -0.2) is 0 Å². The van der Waals surface area contributed by atoms with E-state index < -0.39 is 0 Å². The molecule has 1 aromatic heterocycles. The smallest absolute Gasteiger partial charge is 0.0596 e. The van der Waals surface area contributed by atoms with Crippen molar-refractivity contribution >= 4 is 11.6 Å². The molecule has 0 fully saturated rings. The Morgan fingerprint density at radius 2 is 2.10 bits per heavy atom. The van der Waals surface area contributed by atoms with Gasteiger partial charge < -0.3 is 5.32 Å². The summed E-state index contributed by atoms with van der Waals surface area (Å²) in [6.45, 7) is 7.23. The SMILES string of the molecule is CCCNC(Cc1cc(C)nn1C)c1cccc(C)c1Cl. The molecule has 4 heteroatoms. The lowest BCUT2D eigenvalue weighted by Gasteiger charge is -2.21. The maximum atomic E-state index is 6.52. The summed E-state index contributed by atoms with van der Waals surface area (Å²) in [5.74, 6) is 0. The number of aryl methyl sites for hydroxylation is 3. The zero-order valence-corrected chi connectivity index (χ0v) is 14.0. The summed E-state index contributed by atoms with van der Waals surface area (Å²) in [6.07, 6.45) is 1.99. The van der Waals surface area contributed by atoms with Gasteiger partial charge in [0.2, 0.25) is 0 Å². The number of hydrogen-bond donors (Lipinski definition) is 1. The largest absolute Gasteiger partial charge is 0.310 e. The van der Waals surface area contributed by atoms with Crippen LogP contribution in [0.4, 0.5) is 0 Å². The maximum absolute atomic E-state index is 6.52. The van der Waals surface area contributed by atoms with Crippen LogP contribution in [0.25, 0.3) is 0 Å². The van der Waals surface area contributed by atoms with Crippen molar-refractivity contribution in [2.24, 2.45) is 7.05 Å². The molecule has 21 heavy (non-hydrogen) atoms. The molecule has 0 bridgehead atoms. The first-order chi connectivity index (χ1) is 10.0. The highest BCUT2D eigenvalue weighted by atomic mass is 35.5. The van der Waals surface area contributed by atoms with Crippen LogP contribution in [0.15, 0.2) is 24.3 Å². The van der Waals surface area contributed by atoms with Crippen molar-refractivity contribution in [3.8, 4) is 0 Å². The van der Waals surface area contributed by atoms with Crippen LogP contribution >= 0.6 is 11.6 Å². The molecule has 1 atom stereocenters. The van der Waals surface area contributed by atoms with Crippen molar-refractivity contribution in [2.75, 3.05) is 6.54 Å². The Bertz CT molecular complexity index is 604. The molecule has 0 aliphatic heterocycles. The van der Waals surface area contributed by atoms with Crippen molar-refractivity contribution < 1.29 is 0 Å². The van der Waals surface area contributed by atoms with Gasteiger partial charge in [-0.15, -0.1) is 0 Å². The third-order valence-electron chi connectivity index (χ3n) is 3.75. The second-order valence-corrected chi connectivity index (χ2v) is 5.97. The van der Waals surface area contributed by atoms with Gasteiger partial charge in [0, 0.05) is 30.2 Å². The lowest BCUT2D eigenvalue weighted by molar-refractivity contribution is 0.512. The number of hydrogen-bond acceptors (Lipinski definition) is 2. The Morgan fingerprint density at radius 1 is 1.33 bits per heavy atom. The van der Waals surface area contributed by atoms with Gasteiger partial charge in [-0.2, -0.15) is 5.10 Å². The molecule has 1 heterocycles. The van der Waals surface area contributed by atoms with Gasteiger partial charge in [-0.3, -0.25) is 4.68 Å². The van der Waals surface area contributed by atoms with Gasteiger partial charge >= 0.3 is 0 Å². The van der Waals surface area contributed by atoms with E-state index in [1.165, 1.54) is 11.3 Å². The lowest BCUT2D eigenvalue weighted by atomic mass is 9.99. The highest BCUT2D eigenvalue weighted by Gasteiger charge is 2.17. The first-order valence-electron chi connectivity index (χ1n) is 7.50. The Labute approximate surface area is 132 Å². The summed E-state index contributed by atoms with van der Waals surface area (Å²) in [5.41, 5.74) is 4.57. The van der Waals surface area contributed by atoms with E-state index >= 15 is 0 Å². The lowest BCUT2D eigenvalue weighted by Crippen LogP contribution is -2.25. The molecule has 114 valence electrons. The maximum Gasteiger partial charge on any atom is 0.0596 e. The van der Waals surface area contributed by atoms with E-state index in [9.17, 15) is 0 Å². The molecule has 1 N–H and O–H groups in total. The molecule has 0 radical (unpaired) electrons. The molecular weight excluding hydrogens is 282 g/mol. The minimum absolute atomic E-state index is 0.215. The van der Waals surface area contributed by atoms with E-state index in [1.807, 2.05) is 18.7 Å². The second-order valence-electron chi connectivity index (χ2n) is 5.59. The van der Waals surface area contributed by atoms with Gasteiger partial charge in [0.05, 0.1) is 5.69 Å². The van der Waals surface area contributed by atoms with Crippen LogP contribution in [0, 0.1) is 13.8 Å². The summed E-state index contributed by atoms with van der Waals surface area (Å²) in [4.78, 5) is 0. The molecular formula is C17H24ClN3. The fourth-order valence-corrected chi connectivity index (χ4v) is 2.87. The van der Waals surface area contributed by atoms with Crippen LogP contribution in [0.1, 0.15) is 41.9 Å². The quantitative estimate of drug-likeness (QED) is 0.875. The molecule has 0 amide bonds. The third-order valence-corrected chi connectivity index (χ3v) is 4.27. The summed E-state index contributed by atoms with van der Waals surface area (Å²) in [5, 5.41) is 8.91. The van der Waals surface area contributed by atoms with Crippen LogP contribution in [-0.2, 0) is 13.5 Å². The van der Waals surface area contributed by atoms with Crippen LogP contribution in [0.5, 0.6) is 0 Å².